The molecule has 2 aliphatic heterocycles. The van der Waals surface area contributed by atoms with Gasteiger partial charge in [-0.15, -0.1) is 0 Å². The Hall–Kier alpha value is -2.91. The number of nitrogens with zero attached hydrogens (tertiary/aromatic N) is 1. The quantitative estimate of drug-likeness (QED) is 0.756. The summed E-state index contributed by atoms with van der Waals surface area (Å²) in [5.74, 6) is -6.61. The molecule has 0 aliphatic carbocycles. The van der Waals surface area contributed by atoms with E-state index in [1.165, 1.54) is 0 Å². The fraction of sp³-hybridized carbons (Fsp3) is 0.333. The van der Waals surface area contributed by atoms with Gasteiger partial charge in [0.15, 0.2) is 23.2 Å². The fourth-order valence-corrected chi connectivity index (χ4v) is 3.75. The summed E-state index contributed by atoms with van der Waals surface area (Å²) in [7, 11) is 1.71. The van der Waals surface area contributed by atoms with Crippen LogP contribution in [0.5, 0.6) is 0 Å². The average molecular weight is 420 g/mol. The predicted molar refractivity (Wildman–Crippen MR) is 100 cm³/mol. The van der Waals surface area contributed by atoms with Crippen molar-refractivity contribution in [3.63, 3.8) is 0 Å². The van der Waals surface area contributed by atoms with Crippen LogP contribution in [0.25, 0.3) is 0 Å². The summed E-state index contributed by atoms with van der Waals surface area (Å²) in [4.78, 5) is 25.7. The third-order valence-corrected chi connectivity index (χ3v) is 5.37. The Labute approximate surface area is 170 Å². The molecule has 2 aliphatic rings. The van der Waals surface area contributed by atoms with Gasteiger partial charge in [0, 0.05) is 31.3 Å². The summed E-state index contributed by atoms with van der Waals surface area (Å²) in [6, 6.07) is 7.04. The van der Waals surface area contributed by atoms with Crippen LogP contribution >= 0.6 is 0 Å². The zero-order valence-electron chi connectivity index (χ0n) is 16.1. The Morgan fingerprint density at radius 3 is 2.60 bits per heavy atom. The molecule has 0 spiro atoms. The molecular formula is C21H19F3N2O4. The number of amides is 2. The van der Waals surface area contributed by atoms with Crippen LogP contribution in [0.1, 0.15) is 27.9 Å². The molecule has 4 rings (SSSR count). The minimum absolute atomic E-state index is 0.00900. The van der Waals surface area contributed by atoms with Gasteiger partial charge in [0.25, 0.3) is 5.91 Å². The number of nitrogens with one attached hydrogen (secondary N) is 1. The molecule has 30 heavy (non-hydrogen) atoms. The zero-order chi connectivity index (χ0) is 21.5. The lowest BCUT2D eigenvalue weighted by molar-refractivity contribution is -0.169. The smallest absolute Gasteiger partial charge is 0.254 e. The highest BCUT2D eigenvalue weighted by atomic mass is 19.2. The number of hydrogen-bond acceptors (Lipinski definition) is 4. The minimum atomic E-state index is -1.70. The average Bonchev–Trinajstić information content (AvgIpc) is 3.31. The molecule has 1 saturated heterocycles. The van der Waals surface area contributed by atoms with Crippen molar-refractivity contribution in [2.45, 2.75) is 18.6 Å². The first-order valence-corrected chi connectivity index (χ1v) is 9.42. The summed E-state index contributed by atoms with van der Waals surface area (Å²) in [5, 5.41) is 2.48. The van der Waals surface area contributed by atoms with Crippen molar-refractivity contribution in [1.82, 2.24) is 5.32 Å². The summed E-state index contributed by atoms with van der Waals surface area (Å²) in [6.45, 7) is 0.733. The first kappa shape index (κ1) is 20.4. The molecule has 2 amide bonds. The van der Waals surface area contributed by atoms with Crippen molar-refractivity contribution in [1.29, 1.82) is 0 Å². The van der Waals surface area contributed by atoms with Crippen LogP contribution in [0, 0.1) is 17.5 Å². The summed E-state index contributed by atoms with van der Waals surface area (Å²) >= 11 is 0. The van der Waals surface area contributed by atoms with E-state index < -0.39 is 34.7 Å². The summed E-state index contributed by atoms with van der Waals surface area (Å²) in [6.07, 6.45) is 0.481. The van der Waals surface area contributed by atoms with E-state index in [-0.39, 0.29) is 25.3 Å². The van der Waals surface area contributed by atoms with E-state index in [9.17, 15) is 22.8 Å². The number of carbonyl (C=O) groups excluding carboxylic acids is 2. The third kappa shape index (κ3) is 3.44. The second kappa shape index (κ2) is 7.73. The highest BCUT2D eigenvalue weighted by Gasteiger charge is 2.39. The van der Waals surface area contributed by atoms with E-state index in [1.54, 1.807) is 18.0 Å². The third-order valence-electron chi connectivity index (χ3n) is 5.37. The number of fused-ring (bicyclic) bond motifs is 1. The van der Waals surface area contributed by atoms with Crippen molar-refractivity contribution in [2.75, 3.05) is 31.7 Å². The van der Waals surface area contributed by atoms with Crippen molar-refractivity contribution in [3.05, 3.63) is 64.5 Å². The number of rotatable bonds is 5. The fourth-order valence-electron chi connectivity index (χ4n) is 3.75. The first-order valence-electron chi connectivity index (χ1n) is 9.42. The number of benzene rings is 2. The largest absolute Gasteiger partial charge is 0.352 e. The monoisotopic (exact) mass is 420 g/mol. The number of halogens is 3. The molecule has 9 heteroatoms. The molecule has 0 unspecified atom stereocenters. The molecule has 0 atom stereocenters. The van der Waals surface area contributed by atoms with E-state index in [4.69, 9.17) is 9.47 Å². The number of likely N-dealkylation sites (N-methyl/N-ethyl adjacent to an activating group) is 1. The van der Waals surface area contributed by atoms with Crippen LogP contribution in [0.4, 0.5) is 18.9 Å². The first-order chi connectivity index (χ1) is 14.3. The molecule has 2 aromatic carbocycles. The molecule has 6 nitrogen and oxygen atoms in total. The van der Waals surface area contributed by atoms with Gasteiger partial charge in [-0.25, -0.2) is 13.2 Å². The van der Waals surface area contributed by atoms with E-state index in [2.05, 4.69) is 5.32 Å². The molecule has 158 valence electrons. The van der Waals surface area contributed by atoms with E-state index in [1.807, 2.05) is 12.1 Å². The van der Waals surface area contributed by atoms with Gasteiger partial charge < -0.3 is 19.7 Å². The Bertz CT molecular complexity index is 1020. The van der Waals surface area contributed by atoms with Gasteiger partial charge in [-0.05, 0) is 29.8 Å². The molecule has 1 fully saturated rings. The lowest BCUT2D eigenvalue weighted by Gasteiger charge is -2.28. The zero-order valence-corrected chi connectivity index (χ0v) is 16.1. The van der Waals surface area contributed by atoms with Crippen molar-refractivity contribution >= 4 is 17.5 Å². The maximum atomic E-state index is 13.8. The molecular weight excluding hydrogens is 401 g/mol. The highest BCUT2D eigenvalue weighted by molar-refractivity contribution is 6.01. The summed E-state index contributed by atoms with van der Waals surface area (Å²) < 4.78 is 51.9. The normalized spacial score (nSPS) is 17.3. The number of hydrogen-bond donors (Lipinski definition) is 1. The molecule has 2 heterocycles. The highest BCUT2D eigenvalue weighted by Crippen LogP contribution is 2.38. The SMILES string of the molecule is CN1C(=O)Cc2cc(C3(CCNC(=O)c4ccc(F)c(F)c4F)OCCO3)ccc21. The van der Waals surface area contributed by atoms with Crippen LogP contribution in [-0.2, 0) is 26.5 Å². The van der Waals surface area contributed by atoms with Gasteiger partial charge in [0.2, 0.25) is 5.91 Å². The molecule has 0 saturated carbocycles. The van der Waals surface area contributed by atoms with Crippen LogP contribution in [0.15, 0.2) is 30.3 Å². The van der Waals surface area contributed by atoms with Gasteiger partial charge in [-0.1, -0.05) is 6.07 Å². The standard InChI is InChI=1S/C21H19F3N2O4/c1-26-16-5-2-13(10-12(16)11-17(26)27)21(29-8-9-30-21)6-7-25-20(28)14-3-4-15(22)19(24)18(14)23/h2-5,10H,6-9,11H2,1H3,(H,25,28). The van der Waals surface area contributed by atoms with E-state index in [0.717, 1.165) is 17.3 Å². The van der Waals surface area contributed by atoms with Gasteiger partial charge in [-0.2, -0.15) is 0 Å². The van der Waals surface area contributed by atoms with Gasteiger partial charge in [-0.3, -0.25) is 9.59 Å². The number of ether oxygens (including phenoxy) is 2. The van der Waals surface area contributed by atoms with Crippen molar-refractivity contribution < 1.29 is 32.2 Å². The maximum Gasteiger partial charge on any atom is 0.254 e. The molecule has 0 radical (unpaired) electrons. The van der Waals surface area contributed by atoms with Crippen LogP contribution in [0.3, 0.4) is 0 Å². The van der Waals surface area contributed by atoms with Crippen LogP contribution in [0.2, 0.25) is 0 Å². The van der Waals surface area contributed by atoms with E-state index >= 15 is 0 Å². The lowest BCUT2D eigenvalue weighted by atomic mass is 9.98. The maximum absolute atomic E-state index is 13.8. The number of carbonyl (C=O) groups is 2. The van der Waals surface area contributed by atoms with Crippen molar-refractivity contribution in [2.24, 2.45) is 0 Å². The van der Waals surface area contributed by atoms with Crippen LogP contribution in [-0.4, -0.2) is 38.6 Å². The van der Waals surface area contributed by atoms with Gasteiger partial charge >= 0.3 is 0 Å². The lowest BCUT2D eigenvalue weighted by Crippen LogP contribution is -2.34. The van der Waals surface area contributed by atoms with E-state index in [0.29, 0.717) is 24.8 Å². The Balaban J connectivity index is 1.49. The molecule has 1 N–H and O–H groups in total. The van der Waals surface area contributed by atoms with Gasteiger partial charge in [0.05, 0.1) is 25.2 Å². The second-order valence-corrected chi connectivity index (χ2v) is 7.15. The number of anilines is 1. The molecule has 2 aromatic rings. The second-order valence-electron chi connectivity index (χ2n) is 7.15. The van der Waals surface area contributed by atoms with Crippen molar-refractivity contribution in [3.8, 4) is 0 Å². The summed E-state index contributed by atoms with van der Waals surface area (Å²) in [5.41, 5.74) is 1.79. The van der Waals surface area contributed by atoms with Gasteiger partial charge in [0.1, 0.15) is 0 Å². The Kier molecular flexibility index (Phi) is 5.25. The van der Waals surface area contributed by atoms with Crippen LogP contribution < -0.4 is 10.2 Å². The Morgan fingerprint density at radius 2 is 1.87 bits per heavy atom. The molecule has 0 aromatic heterocycles. The topological polar surface area (TPSA) is 67.9 Å². The predicted octanol–water partition coefficient (Wildman–Crippen LogP) is 2.64. The minimum Gasteiger partial charge on any atom is -0.352 e. The Morgan fingerprint density at radius 1 is 1.13 bits per heavy atom. The molecule has 0 bridgehead atoms.